The van der Waals surface area contributed by atoms with Crippen LogP contribution < -0.4 is 20.5 Å². The first-order valence-corrected chi connectivity index (χ1v) is 13.8. The fourth-order valence-corrected chi connectivity index (χ4v) is 6.34. The zero-order valence-electron chi connectivity index (χ0n) is 24.2. The monoisotopic (exact) mass is 603 g/mol. The zero-order valence-corrected chi connectivity index (χ0v) is 25.7. The predicted molar refractivity (Wildman–Crippen MR) is 160 cm³/mol. The van der Waals surface area contributed by atoms with Crippen LogP contribution in [0.15, 0.2) is 30.5 Å². The second-order valence-corrected chi connectivity index (χ2v) is 12.1. The number of nitrogens with two attached hydrogens (primary N) is 1. The number of ether oxygens (including phenoxy) is 3. The largest absolute Gasteiger partial charge is 0.495 e. The summed E-state index contributed by atoms with van der Waals surface area (Å²) < 4.78 is 16.6. The predicted octanol–water partition coefficient (Wildman–Crippen LogP) is 5.78. The summed E-state index contributed by atoms with van der Waals surface area (Å²) >= 11 is 13.2. The van der Waals surface area contributed by atoms with Crippen molar-refractivity contribution in [3.8, 4) is 22.6 Å². The van der Waals surface area contributed by atoms with Crippen molar-refractivity contribution in [2.24, 2.45) is 17.1 Å². The first-order chi connectivity index (χ1) is 19.2. The number of benzene rings is 2. The Kier molecular flexibility index (Phi) is 8.47. The lowest BCUT2D eigenvalue weighted by Gasteiger charge is -2.45. The van der Waals surface area contributed by atoms with E-state index in [-0.39, 0.29) is 11.8 Å². The van der Waals surface area contributed by atoms with Crippen LogP contribution in [0.1, 0.15) is 33.6 Å². The van der Waals surface area contributed by atoms with Crippen LogP contribution >= 0.6 is 23.2 Å². The normalized spacial score (nSPS) is 20.5. The van der Waals surface area contributed by atoms with Gasteiger partial charge in [0.05, 0.1) is 35.8 Å². The molecule has 1 heterocycles. The Labute approximate surface area is 249 Å². The first-order valence-electron chi connectivity index (χ1n) is 13.1. The maximum atomic E-state index is 13.0. The molecule has 0 bridgehead atoms. The highest BCUT2D eigenvalue weighted by Gasteiger charge is 2.59. The topological polar surface area (TPSA) is 129 Å². The molecular formula is C29H35Cl2N5O5. The molecule has 0 aliphatic heterocycles. The Balaban J connectivity index is 1.72. The quantitative estimate of drug-likeness (QED) is 0.347. The maximum Gasteiger partial charge on any atom is 0.405 e. The number of carbonyl (C=O) groups is 2. The zero-order chi connectivity index (χ0) is 30.3. The van der Waals surface area contributed by atoms with Gasteiger partial charge in [-0.15, -0.1) is 0 Å². The number of halogens is 2. The number of hydrogen-bond acceptors (Lipinski definition) is 8. The molecule has 1 saturated carbocycles. The molecular weight excluding hydrogens is 569 g/mol. The Hall–Kier alpha value is -3.50. The number of hydrogen-bond donors (Lipinski definition) is 2. The number of fused-ring (bicyclic) bond motifs is 1. The van der Waals surface area contributed by atoms with E-state index >= 15 is 0 Å². The van der Waals surface area contributed by atoms with Gasteiger partial charge in [0.2, 0.25) is 11.9 Å². The molecule has 10 nitrogen and oxygen atoms in total. The van der Waals surface area contributed by atoms with E-state index in [0.717, 1.165) is 10.9 Å². The van der Waals surface area contributed by atoms with Gasteiger partial charge in [0.1, 0.15) is 17.1 Å². The van der Waals surface area contributed by atoms with Crippen molar-refractivity contribution in [2.45, 2.75) is 45.3 Å². The summed E-state index contributed by atoms with van der Waals surface area (Å²) in [4.78, 5) is 35.8. The van der Waals surface area contributed by atoms with Gasteiger partial charge in [-0.05, 0) is 24.1 Å². The van der Waals surface area contributed by atoms with Gasteiger partial charge < -0.3 is 30.2 Å². The van der Waals surface area contributed by atoms with Crippen LogP contribution in [0.25, 0.3) is 22.0 Å². The Morgan fingerprint density at radius 2 is 1.73 bits per heavy atom. The summed E-state index contributed by atoms with van der Waals surface area (Å²) in [5.41, 5.74) is 5.86. The molecule has 3 N–H and O–H groups in total. The number of carbonyl (C=O) groups excluding carboxylic acids is 2. The molecule has 1 fully saturated rings. The lowest BCUT2D eigenvalue weighted by molar-refractivity contribution is -0.134. The van der Waals surface area contributed by atoms with E-state index < -0.39 is 23.2 Å². The average Bonchev–Trinajstić information content (AvgIpc) is 3.26. The number of rotatable bonds is 7. The standard InChI is InChI=1S/C29H35Cl2N5O5/c1-28(2,3)29(41-26(32)38)13-16(25(37)36(4)5)11-21(29)35-27-33-14-17-10-15(8-9-18(17)34-27)22-23(30)19(39-6)12-20(40-7)24(22)31/h8-10,12,14,16,21H,11,13H2,1-7H3,(H2,32,38)(H,33,34,35)/t16-,21-,29-/m1/s1. The third kappa shape index (κ3) is 5.67. The molecule has 1 aliphatic carbocycles. The van der Waals surface area contributed by atoms with E-state index in [0.29, 0.717) is 51.4 Å². The van der Waals surface area contributed by atoms with E-state index in [1.54, 1.807) is 31.3 Å². The van der Waals surface area contributed by atoms with Crippen LogP contribution in [0.4, 0.5) is 10.7 Å². The summed E-state index contributed by atoms with van der Waals surface area (Å²) in [5.74, 6) is 0.769. The van der Waals surface area contributed by atoms with E-state index in [2.05, 4.69) is 10.3 Å². The Morgan fingerprint density at radius 1 is 1.10 bits per heavy atom. The summed E-state index contributed by atoms with van der Waals surface area (Å²) in [7, 11) is 6.46. The third-order valence-electron chi connectivity index (χ3n) is 7.72. The molecule has 220 valence electrons. The van der Waals surface area contributed by atoms with Crippen molar-refractivity contribution < 1.29 is 23.8 Å². The van der Waals surface area contributed by atoms with Crippen molar-refractivity contribution in [3.63, 3.8) is 0 Å². The minimum absolute atomic E-state index is 0.0468. The summed E-state index contributed by atoms with van der Waals surface area (Å²) in [6.07, 6.45) is 1.51. The van der Waals surface area contributed by atoms with E-state index in [1.165, 1.54) is 14.2 Å². The number of primary amides is 1. The number of nitrogens with one attached hydrogen (secondary N) is 1. The van der Waals surface area contributed by atoms with Crippen molar-refractivity contribution in [2.75, 3.05) is 33.6 Å². The van der Waals surface area contributed by atoms with Crippen LogP contribution in [0.3, 0.4) is 0 Å². The van der Waals surface area contributed by atoms with Gasteiger partial charge in [0, 0.05) is 55.1 Å². The summed E-state index contributed by atoms with van der Waals surface area (Å²) in [5, 5.41) is 4.80. The highest BCUT2D eigenvalue weighted by molar-refractivity contribution is 6.41. The first kappa shape index (κ1) is 30.5. The molecule has 2 aromatic carbocycles. The molecule has 0 spiro atoms. The van der Waals surface area contributed by atoms with Crippen molar-refractivity contribution >= 4 is 52.1 Å². The molecule has 12 heteroatoms. The number of nitrogens with zero attached hydrogens (tertiary/aromatic N) is 3. The van der Waals surface area contributed by atoms with Crippen molar-refractivity contribution in [3.05, 3.63) is 40.5 Å². The van der Waals surface area contributed by atoms with Gasteiger partial charge in [-0.25, -0.2) is 14.8 Å². The fraction of sp³-hybridized carbons (Fsp3) is 0.448. The smallest absolute Gasteiger partial charge is 0.405 e. The molecule has 0 saturated heterocycles. The van der Waals surface area contributed by atoms with Gasteiger partial charge in [0.25, 0.3) is 0 Å². The number of amides is 2. The van der Waals surface area contributed by atoms with Crippen molar-refractivity contribution in [1.82, 2.24) is 14.9 Å². The highest BCUT2D eigenvalue weighted by atomic mass is 35.5. The van der Waals surface area contributed by atoms with Crippen LogP contribution in [-0.4, -0.2) is 66.8 Å². The SMILES string of the molecule is COc1cc(OC)c(Cl)c(-c2ccc3nc(N[C@@H]4C[C@@H](C(=O)N(C)C)C[C@]4(OC(N)=O)C(C)(C)C)ncc3c2)c1Cl. The van der Waals surface area contributed by atoms with E-state index in [4.69, 9.17) is 48.1 Å². The van der Waals surface area contributed by atoms with Crippen LogP contribution in [-0.2, 0) is 9.53 Å². The molecule has 0 radical (unpaired) electrons. The molecule has 0 unspecified atom stereocenters. The average molecular weight is 605 g/mol. The Morgan fingerprint density at radius 3 is 2.27 bits per heavy atom. The minimum atomic E-state index is -1.07. The highest BCUT2D eigenvalue weighted by Crippen LogP contribution is 2.50. The number of methoxy groups -OCH3 is 2. The van der Waals surface area contributed by atoms with Crippen LogP contribution in [0.2, 0.25) is 10.0 Å². The summed E-state index contributed by atoms with van der Waals surface area (Å²) in [6, 6.07) is 6.72. The fourth-order valence-electron chi connectivity index (χ4n) is 5.62. The van der Waals surface area contributed by atoms with Crippen LogP contribution in [0.5, 0.6) is 11.5 Å². The summed E-state index contributed by atoms with van der Waals surface area (Å²) in [6.45, 7) is 5.87. The second kappa shape index (κ2) is 11.4. The minimum Gasteiger partial charge on any atom is -0.495 e. The van der Waals surface area contributed by atoms with Gasteiger partial charge in [-0.3, -0.25) is 4.79 Å². The lowest BCUT2D eigenvalue weighted by atomic mass is 9.72. The van der Waals surface area contributed by atoms with E-state index in [9.17, 15) is 9.59 Å². The Bertz CT molecular complexity index is 1460. The van der Waals surface area contributed by atoms with Gasteiger partial charge in [0.15, 0.2) is 0 Å². The van der Waals surface area contributed by atoms with Gasteiger partial charge in [-0.1, -0.05) is 50.0 Å². The molecule has 1 aliphatic rings. The number of aromatic nitrogens is 2. The van der Waals surface area contributed by atoms with Crippen molar-refractivity contribution in [1.29, 1.82) is 0 Å². The van der Waals surface area contributed by atoms with Crippen LogP contribution in [0, 0.1) is 11.3 Å². The van der Waals surface area contributed by atoms with Gasteiger partial charge in [-0.2, -0.15) is 0 Å². The van der Waals surface area contributed by atoms with Gasteiger partial charge >= 0.3 is 6.09 Å². The molecule has 1 aromatic heterocycles. The lowest BCUT2D eigenvalue weighted by Crippen LogP contribution is -2.56. The van der Waals surface area contributed by atoms with E-state index in [1.807, 2.05) is 39.0 Å². The molecule has 41 heavy (non-hydrogen) atoms. The second-order valence-electron chi connectivity index (χ2n) is 11.4. The number of anilines is 1. The maximum absolute atomic E-state index is 13.0. The molecule has 3 atom stereocenters. The third-order valence-corrected chi connectivity index (χ3v) is 8.47. The molecule has 3 aromatic rings. The molecule has 4 rings (SSSR count). The molecule has 2 amide bonds.